The molecule has 2 aliphatic heterocycles. The van der Waals surface area contributed by atoms with Gasteiger partial charge in [-0.3, -0.25) is 0 Å². The molecule has 0 unspecified atom stereocenters. The molecule has 142 valence electrons. The molecule has 3 heterocycles. The van der Waals surface area contributed by atoms with Crippen molar-refractivity contribution in [2.75, 3.05) is 6.61 Å². The van der Waals surface area contributed by atoms with E-state index in [9.17, 15) is 5.11 Å². The van der Waals surface area contributed by atoms with Crippen LogP contribution in [0.5, 0.6) is 17.2 Å². The zero-order valence-electron chi connectivity index (χ0n) is 15.4. The number of phenolic OH excluding ortho intramolecular Hbond substituents is 1. The van der Waals surface area contributed by atoms with Crippen molar-refractivity contribution in [1.82, 2.24) is 5.01 Å². The highest BCUT2D eigenvalue weighted by molar-refractivity contribution is 6.02. The summed E-state index contributed by atoms with van der Waals surface area (Å²) < 4.78 is 17.8. The Labute approximate surface area is 162 Å². The van der Waals surface area contributed by atoms with Crippen LogP contribution in [0.15, 0.2) is 70.4 Å². The van der Waals surface area contributed by atoms with E-state index in [0.29, 0.717) is 18.8 Å². The molecule has 0 fully saturated rings. The van der Waals surface area contributed by atoms with Crippen LogP contribution < -0.4 is 9.47 Å². The largest absolute Gasteiger partial charge is 0.508 e. The third-order valence-corrected chi connectivity index (χ3v) is 5.05. The Hall–Kier alpha value is -3.41. The predicted octanol–water partition coefficient (Wildman–Crippen LogP) is 4.63. The van der Waals surface area contributed by atoms with Gasteiger partial charge in [-0.15, -0.1) is 0 Å². The standard InChI is InChI=1S/C22H20N2O4/c1-2-26-19-9-4-8-16-18-13-17(14-6-3-7-15(25)12-14)23-24(18)22(28-21(16)19)20-10-5-11-27-20/h3-12,18,22,25H,2,13H2,1H3/t18-,22-/m1/s1. The van der Waals surface area contributed by atoms with Gasteiger partial charge in [-0.05, 0) is 37.3 Å². The molecule has 1 aromatic heterocycles. The first-order valence-electron chi connectivity index (χ1n) is 9.35. The Morgan fingerprint density at radius 2 is 2.07 bits per heavy atom. The van der Waals surface area contributed by atoms with E-state index in [1.807, 2.05) is 48.3 Å². The second-order valence-electron chi connectivity index (χ2n) is 6.79. The molecule has 0 bridgehead atoms. The molecule has 0 spiro atoms. The quantitative estimate of drug-likeness (QED) is 0.719. The molecule has 0 aliphatic carbocycles. The summed E-state index contributed by atoms with van der Waals surface area (Å²) in [5, 5.41) is 16.6. The molecular formula is C22H20N2O4. The van der Waals surface area contributed by atoms with E-state index < -0.39 is 6.23 Å². The zero-order chi connectivity index (χ0) is 19.1. The first-order valence-corrected chi connectivity index (χ1v) is 9.35. The topological polar surface area (TPSA) is 67.4 Å². The average Bonchev–Trinajstić information content (AvgIpc) is 3.38. The van der Waals surface area contributed by atoms with Crippen LogP contribution in [-0.4, -0.2) is 22.4 Å². The molecule has 0 amide bonds. The van der Waals surface area contributed by atoms with Crippen LogP contribution in [0.1, 0.15) is 42.5 Å². The lowest BCUT2D eigenvalue weighted by atomic mass is 9.96. The van der Waals surface area contributed by atoms with Crippen molar-refractivity contribution in [2.45, 2.75) is 25.6 Å². The van der Waals surface area contributed by atoms with Gasteiger partial charge in [0.15, 0.2) is 17.3 Å². The minimum Gasteiger partial charge on any atom is -0.508 e. The maximum Gasteiger partial charge on any atom is 0.246 e. The fraction of sp³-hybridized carbons (Fsp3) is 0.227. The molecule has 2 atom stereocenters. The molecule has 0 radical (unpaired) electrons. The van der Waals surface area contributed by atoms with E-state index in [0.717, 1.165) is 28.3 Å². The minimum absolute atomic E-state index is 0.00314. The van der Waals surface area contributed by atoms with Gasteiger partial charge < -0.3 is 19.0 Å². The van der Waals surface area contributed by atoms with Gasteiger partial charge in [0.2, 0.25) is 6.23 Å². The van der Waals surface area contributed by atoms with Crippen molar-refractivity contribution in [3.05, 3.63) is 77.7 Å². The molecule has 6 heteroatoms. The van der Waals surface area contributed by atoms with Gasteiger partial charge in [0.25, 0.3) is 0 Å². The fourth-order valence-electron chi connectivity index (χ4n) is 3.83. The van der Waals surface area contributed by atoms with Crippen molar-refractivity contribution in [1.29, 1.82) is 0 Å². The summed E-state index contributed by atoms with van der Waals surface area (Å²) in [5.41, 5.74) is 2.83. The van der Waals surface area contributed by atoms with Crippen LogP contribution in [0.3, 0.4) is 0 Å². The number of para-hydroxylation sites is 1. The fourth-order valence-corrected chi connectivity index (χ4v) is 3.83. The van der Waals surface area contributed by atoms with Crippen molar-refractivity contribution in [2.24, 2.45) is 5.10 Å². The molecule has 6 nitrogen and oxygen atoms in total. The number of rotatable bonds is 4. The lowest BCUT2D eigenvalue weighted by Gasteiger charge is -2.37. The number of fused-ring (bicyclic) bond motifs is 3. The first-order chi connectivity index (χ1) is 13.7. The van der Waals surface area contributed by atoms with Gasteiger partial charge in [-0.25, -0.2) is 5.01 Å². The van der Waals surface area contributed by atoms with Gasteiger partial charge in [0.1, 0.15) is 5.75 Å². The molecule has 0 saturated carbocycles. The highest BCUT2D eigenvalue weighted by Gasteiger charge is 2.43. The number of ether oxygens (including phenoxy) is 2. The van der Waals surface area contributed by atoms with Crippen LogP contribution in [0.2, 0.25) is 0 Å². The van der Waals surface area contributed by atoms with E-state index >= 15 is 0 Å². The SMILES string of the molecule is CCOc1cccc2c1O[C@H](c1ccco1)N1N=C(c3cccc(O)c3)C[C@H]21. The highest BCUT2D eigenvalue weighted by atomic mass is 16.5. The number of phenols is 1. The molecule has 1 N–H and O–H groups in total. The van der Waals surface area contributed by atoms with E-state index in [1.165, 1.54) is 0 Å². The summed E-state index contributed by atoms with van der Waals surface area (Å²) >= 11 is 0. The second-order valence-corrected chi connectivity index (χ2v) is 6.79. The summed E-state index contributed by atoms with van der Waals surface area (Å²) in [5.74, 6) is 2.37. The normalized spacial score (nSPS) is 20.2. The summed E-state index contributed by atoms with van der Waals surface area (Å²) in [7, 11) is 0. The Morgan fingerprint density at radius 1 is 1.18 bits per heavy atom. The molecule has 0 saturated heterocycles. The van der Waals surface area contributed by atoms with Crippen molar-refractivity contribution < 1.29 is 19.0 Å². The molecule has 28 heavy (non-hydrogen) atoms. The minimum atomic E-state index is -0.482. The number of hydrazone groups is 1. The summed E-state index contributed by atoms with van der Waals surface area (Å²) in [6.07, 6.45) is 1.85. The zero-order valence-corrected chi connectivity index (χ0v) is 15.4. The van der Waals surface area contributed by atoms with E-state index in [-0.39, 0.29) is 11.8 Å². The lowest BCUT2D eigenvalue weighted by Crippen LogP contribution is -2.33. The Morgan fingerprint density at radius 3 is 2.86 bits per heavy atom. The van der Waals surface area contributed by atoms with Crippen LogP contribution in [-0.2, 0) is 0 Å². The van der Waals surface area contributed by atoms with Gasteiger partial charge in [-0.2, -0.15) is 5.10 Å². The number of benzene rings is 2. The number of hydrogen-bond donors (Lipinski definition) is 1. The van der Waals surface area contributed by atoms with Crippen molar-refractivity contribution in [3.8, 4) is 17.2 Å². The molecule has 2 aliphatic rings. The predicted molar refractivity (Wildman–Crippen MR) is 104 cm³/mol. The van der Waals surface area contributed by atoms with Crippen LogP contribution in [0.4, 0.5) is 0 Å². The smallest absolute Gasteiger partial charge is 0.246 e. The van der Waals surface area contributed by atoms with Crippen molar-refractivity contribution >= 4 is 5.71 Å². The molecule has 2 aromatic carbocycles. The van der Waals surface area contributed by atoms with Gasteiger partial charge in [0.05, 0.1) is 24.6 Å². The number of hydrogen-bond acceptors (Lipinski definition) is 6. The number of nitrogens with zero attached hydrogens (tertiary/aromatic N) is 2. The molecule has 3 aromatic rings. The summed E-state index contributed by atoms with van der Waals surface area (Å²) in [4.78, 5) is 0. The van der Waals surface area contributed by atoms with Crippen molar-refractivity contribution in [3.63, 3.8) is 0 Å². The maximum absolute atomic E-state index is 9.86. The summed E-state index contributed by atoms with van der Waals surface area (Å²) in [6, 6.07) is 16.8. The van der Waals surface area contributed by atoms with Crippen LogP contribution in [0.25, 0.3) is 0 Å². The highest BCUT2D eigenvalue weighted by Crippen LogP contribution is 2.50. The summed E-state index contributed by atoms with van der Waals surface area (Å²) in [6.45, 7) is 2.52. The monoisotopic (exact) mass is 376 g/mol. The van der Waals surface area contributed by atoms with Crippen LogP contribution >= 0.6 is 0 Å². The molecule has 5 rings (SSSR count). The third kappa shape index (κ3) is 2.69. The Balaban J connectivity index is 1.61. The first kappa shape index (κ1) is 16.7. The number of aromatic hydroxyl groups is 1. The second kappa shape index (κ2) is 6.64. The van der Waals surface area contributed by atoms with Gasteiger partial charge in [-0.1, -0.05) is 24.3 Å². The van der Waals surface area contributed by atoms with E-state index in [4.69, 9.17) is 19.0 Å². The maximum atomic E-state index is 9.86. The Kier molecular flexibility index (Phi) is 3.97. The third-order valence-electron chi connectivity index (χ3n) is 5.05. The molecular weight excluding hydrogens is 356 g/mol. The van der Waals surface area contributed by atoms with Crippen LogP contribution in [0, 0.1) is 0 Å². The lowest BCUT2D eigenvalue weighted by molar-refractivity contribution is -0.0344. The van der Waals surface area contributed by atoms with E-state index in [2.05, 4.69) is 6.07 Å². The number of furan rings is 1. The van der Waals surface area contributed by atoms with Gasteiger partial charge in [0, 0.05) is 17.5 Å². The van der Waals surface area contributed by atoms with Gasteiger partial charge >= 0.3 is 0 Å². The van der Waals surface area contributed by atoms with E-state index in [1.54, 1.807) is 18.4 Å². The average molecular weight is 376 g/mol. The Bertz CT molecular complexity index is 1030.